The van der Waals surface area contributed by atoms with Crippen LogP contribution < -0.4 is 0 Å². The minimum atomic E-state index is 1.31. The summed E-state index contributed by atoms with van der Waals surface area (Å²) in [4.78, 5) is 2.68. The zero-order valence-corrected chi connectivity index (χ0v) is 8.99. The quantitative estimate of drug-likeness (QED) is 0.709. The van der Waals surface area contributed by atoms with Crippen LogP contribution in [0.4, 0.5) is 0 Å². The van der Waals surface area contributed by atoms with E-state index in [1.165, 1.54) is 15.4 Å². The summed E-state index contributed by atoms with van der Waals surface area (Å²) in [5.41, 5.74) is 1.37. The molecule has 0 unspecified atom stereocenters. The van der Waals surface area contributed by atoms with Crippen molar-refractivity contribution in [2.75, 3.05) is 0 Å². The second-order valence-corrected chi connectivity index (χ2v) is 4.69. The van der Waals surface area contributed by atoms with E-state index in [2.05, 4.69) is 41.9 Å². The molecule has 0 fully saturated rings. The van der Waals surface area contributed by atoms with Crippen LogP contribution in [-0.2, 0) is 0 Å². The molecule has 1 aromatic carbocycles. The normalized spacial score (nSPS) is 10.2. The van der Waals surface area contributed by atoms with Crippen LogP contribution in [0.25, 0.3) is 0 Å². The average Bonchev–Trinajstić information content (AvgIpc) is 2.54. The summed E-state index contributed by atoms with van der Waals surface area (Å²) < 4.78 is 0. The van der Waals surface area contributed by atoms with Crippen LogP contribution in [-0.4, -0.2) is 0 Å². The third-order valence-electron chi connectivity index (χ3n) is 1.78. The number of hydrogen-bond donors (Lipinski definition) is 0. The SMILES string of the molecule is Cc1cscc1Sc1ccccc1. The summed E-state index contributed by atoms with van der Waals surface area (Å²) in [5, 5.41) is 4.39. The highest BCUT2D eigenvalue weighted by Crippen LogP contribution is 2.31. The van der Waals surface area contributed by atoms with Crippen LogP contribution in [0.15, 0.2) is 50.9 Å². The first-order valence-electron chi connectivity index (χ1n) is 4.12. The number of thiophene rings is 1. The first-order chi connectivity index (χ1) is 6.36. The monoisotopic (exact) mass is 206 g/mol. The van der Waals surface area contributed by atoms with Crippen LogP contribution in [0.2, 0.25) is 0 Å². The molecule has 0 saturated carbocycles. The predicted molar refractivity (Wildman–Crippen MR) is 59.6 cm³/mol. The van der Waals surface area contributed by atoms with Crippen molar-refractivity contribution in [3.8, 4) is 0 Å². The second-order valence-electron chi connectivity index (χ2n) is 2.83. The number of benzene rings is 1. The Hall–Kier alpha value is -0.730. The third kappa shape index (κ3) is 2.14. The van der Waals surface area contributed by atoms with Gasteiger partial charge in [-0.1, -0.05) is 30.0 Å². The summed E-state index contributed by atoms with van der Waals surface area (Å²) in [6.45, 7) is 2.15. The van der Waals surface area contributed by atoms with Crippen molar-refractivity contribution in [3.05, 3.63) is 46.7 Å². The number of aryl methyl sites for hydroxylation is 1. The van der Waals surface area contributed by atoms with Gasteiger partial charge in [0.15, 0.2) is 0 Å². The Kier molecular flexibility index (Phi) is 2.71. The smallest absolute Gasteiger partial charge is 0.0258 e. The van der Waals surface area contributed by atoms with Gasteiger partial charge in [0.25, 0.3) is 0 Å². The summed E-state index contributed by atoms with van der Waals surface area (Å²) in [7, 11) is 0. The van der Waals surface area contributed by atoms with Gasteiger partial charge in [0.05, 0.1) is 0 Å². The lowest BCUT2D eigenvalue weighted by Crippen LogP contribution is -1.71. The molecule has 1 heterocycles. The second kappa shape index (κ2) is 3.99. The first kappa shape index (κ1) is 8.85. The third-order valence-corrected chi connectivity index (χ3v) is 3.96. The van der Waals surface area contributed by atoms with E-state index in [0.29, 0.717) is 0 Å². The fourth-order valence-corrected chi connectivity index (χ4v) is 2.98. The lowest BCUT2D eigenvalue weighted by atomic mass is 10.4. The average molecular weight is 206 g/mol. The zero-order chi connectivity index (χ0) is 9.10. The van der Waals surface area contributed by atoms with Crippen molar-refractivity contribution >= 4 is 23.1 Å². The molecule has 2 rings (SSSR count). The lowest BCUT2D eigenvalue weighted by Gasteiger charge is -1.98. The van der Waals surface area contributed by atoms with Gasteiger partial charge in [-0.2, -0.15) is 11.3 Å². The topological polar surface area (TPSA) is 0 Å². The molecule has 0 radical (unpaired) electrons. The molecule has 0 aliphatic carbocycles. The van der Waals surface area contributed by atoms with E-state index < -0.39 is 0 Å². The minimum absolute atomic E-state index is 1.31. The molecule has 0 bridgehead atoms. The van der Waals surface area contributed by atoms with Crippen molar-refractivity contribution in [2.24, 2.45) is 0 Å². The maximum absolute atomic E-state index is 2.20. The molecular formula is C11H10S2. The van der Waals surface area contributed by atoms with Gasteiger partial charge < -0.3 is 0 Å². The van der Waals surface area contributed by atoms with E-state index in [4.69, 9.17) is 0 Å². The number of hydrogen-bond acceptors (Lipinski definition) is 2. The van der Waals surface area contributed by atoms with Gasteiger partial charge in [-0.05, 0) is 30.0 Å². The molecule has 13 heavy (non-hydrogen) atoms. The minimum Gasteiger partial charge on any atom is -0.151 e. The summed E-state index contributed by atoms with van der Waals surface area (Å²) in [5.74, 6) is 0. The van der Waals surface area contributed by atoms with E-state index >= 15 is 0 Å². The van der Waals surface area contributed by atoms with E-state index in [0.717, 1.165) is 0 Å². The molecule has 0 atom stereocenters. The van der Waals surface area contributed by atoms with E-state index in [-0.39, 0.29) is 0 Å². The molecule has 0 N–H and O–H groups in total. The van der Waals surface area contributed by atoms with Gasteiger partial charge in [-0.25, -0.2) is 0 Å². The molecule has 2 aromatic rings. The van der Waals surface area contributed by atoms with Crippen molar-refractivity contribution in [1.82, 2.24) is 0 Å². The molecule has 1 aromatic heterocycles. The van der Waals surface area contributed by atoms with E-state index in [1.807, 2.05) is 17.8 Å². The van der Waals surface area contributed by atoms with Crippen LogP contribution in [0.3, 0.4) is 0 Å². The Labute approximate surface area is 86.6 Å². The van der Waals surface area contributed by atoms with Crippen LogP contribution in [0, 0.1) is 6.92 Å². The molecule has 0 amide bonds. The number of rotatable bonds is 2. The predicted octanol–water partition coefficient (Wildman–Crippen LogP) is 4.21. The van der Waals surface area contributed by atoms with Gasteiger partial charge in [0.2, 0.25) is 0 Å². The highest BCUT2D eigenvalue weighted by molar-refractivity contribution is 7.99. The molecule has 0 aliphatic rings. The zero-order valence-electron chi connectivity index (χ0n) is 7.36. The molecular weight excluding hydrogens is 196 g/mol. The maximum atomic E-state index is 2.20. The Morgan fingerprint density at radius 2 is 1.85 bits per heavy atom. The maximum Gasteiger partial charge on any atom is 0.0258 e. The van der Waals surface area contributed by atoms with Crippen molar-refractivity contribution in [3.63, 3.8) is 0 Å². The van der Waals surface area contributed by atoms with Gasteiger partial charge in [0.1, 0.15) is 0 Å². The molecule has 0 saturated heterocycles. The van der Waals surface area contributed by atoms with Crippen LogP contribution in [0.5, 0.6) is 0 Å². The Morgan fingerprint density at radius 3 is 2.46 bits per heavy atom. The fourth-order valence-electron chi connectivity index (χ4n) is 1.07. The molecule has 66 valence electrons. The molecule has 2 heteroatoms. The van der Waals surface area contributed by atoms with Gasteiger partial charge in [0, 0.05) is 15.2 Å². The summed E-state index contributed by atoms with van der Waals surface area (Å²) in [6, 6.07) is 10.5. The van der Waals surface area contributed by atoms with Gasteiger partial charge in [-0.15, -0.1) is 0 Å². The van der Waals surface area contributed by atoms with E-state index in [9.17, 15) is 0 Å². The highest BCUT2D eigenvalue weighted by atomic mass is 32.2. The Morgan fingerprint density at radius 1 is 1.08 bits per heavy atom. The standard InChI is InChI=1S/C11H10S2/c1-9-7-12-8-11(9)13-10-5-3-2-4-6-10/h2-8H,1H3. The van der Waals surface area contributed by atoms with Crippen molar-refractivity contribution < 1.29 is 0 Å². The fraction of sp³-hybridized carbons (Fsp3) is 0.0909. The van der Waals surface area contributed by atoms with E-state index in [1.54, 1.807) is 11.3 Å². The first-order valence-corrected chi connectivity index (χ1v) is 5.88. The highest BCUT2D eigenvalue weighted by Gasteiger charge is 2.00. The lowest BCUT2D eigenvalue weighted by molar-refractivity contribution is 1.36. The van der Waals surface area contributed by atoms with Gasteiger partial charge in [-0.3, -0.25) is 0 Å². The summed E-state index contributed by atoms with van der Waals surface area (Å²) >= 11 is 3.60. The van der Waals surface area contributed by atoms with Crippen LogP contribution >= 0.6 is 23.1 Å². The van der Waals surface area contributed by atoms with Crippen molar-refractivity contribution in [1.29, 1.82) is 0 Å². The van der Waals surface area contributed by atoms with Gasteiger partial charge >= 0.3 is 0 Å². The molecule has 0 aliphatic heterocycles. The van der Waals surface area contributed by atoms with Crippen molar-refractivity contribution in [2.45, 2.75) is 16.7 Å². The Balaban J connectivity index is 2.20. The van der Waals surface area contributed by atoms with Crippen LogP contribution in [0.1, 0.15) is 5.56 Å². The molecule has 0 spiro atoms. The molecule has 0 nitrogen and oxygen atoms in total. The Bertz CT molecular complexity index is 376. The summed E-state index contributed by atoms with van der Waals surface area (Å²) in [6.07, 6.45) is 0. The largest absolute Gasteiger partial charge is 0.151 e.